The molecule has 0 radical (unpaired) electrons. The van der Waals surface area contributed by atoms with Crippen LogP contribution >= 0.6 is 0 Å². The normalized spacial score (nSPS) is 30.1. The van der Waals surface area contributed by atoms with E-state index < -0.39 is 9.84 Å². The van der Waals surface area contributed by atoms with Crippen molar-refractivity contribution in [2.75, 3.05) is 37.8 Å². The molecule has 2 heterocycles. The number of nitrogens with one attached hydrogen (secondary N) is 2. The molecule has 0 amide bonds. The van der Waals surface area contributed by atoms with Gasteiger partial charge in [0.2, 0.25) is 0 Å². The Labute approximate surface area is 139 Å². The quantitative estimate of drug-likeness (QED) is 0.574. The molecule has 0 spiro atoms. The van der Waals surface area contributed by atoms with Gasteiger partial charge in [-0.25, -0.2) is 8.42 Å². The summed E-state index contributed by atoms with van der Waals surface area (Å²) in [5.74, 6) is 1.71. The van der Waals surface area contributed by atoms with Gasteiger partial charge in [0.25, 0.3) is 0 Å². The Kier molecular flexibility index (Phi) is 5.16. The molecule has 0 aromatic heterocycles. The van der Waals surface area contributed by atoms with Gasteiger partial charge in [0.1, 0.15) is 0 Å². The maximum Gasteiger partial charge on any atom is 0.191 e. The van der Waals surface area contributed by atoms with Crippen LogP contribution in [0, 0.1) is 11.3 Å². The Morgan fingerprint density at radius 2 is 2.00 bits per heavy atom. The zero-order valence-corrected chi connectivity index (χ0v) is 14.8. The maximum atomic E-state index is 11.6. The van der Waals surface area contributed by atoms with E-state index in [0.29, 0.717) is 24.1 Å². The lowest BCUT2D eigenvalue weighted by atomic mass is 9.83. The number of ether oxygens (including phenoxy) is 1. The molecule has 2 N–H and O–H groups in total. The van der Waals surface area contributed by atoms with E-state index in [1.54, 1.807) is 0 Å². The molecule has 1 unspecified atom stereocenters. The molecule has 23 heavy (non-hydrogen) atoms. The third kappa shape index (κ3) is 5.35. The van der Waals surface area contributed by atoms with Crippen LogP contribution in [0.5, 0.6) is 0 Å². The summed E-state index contributed by atoms with van der Waals surface area (Å²) in [7, 11) is -2.81. The van der Waals surface area contributed by atoms with Crippen molar-refractivity contribution in [1.29, 1.82) is 0 Å². The Hall–Kier alpha value is -0.820. The zero-order chi connectivity index (χ0) is 16.3. The molecule has 0 aromatic carbocycles. The zero-order valence-electron chi connectivity index (χ0n) is 14.0. The summed E-state index contributed by atoms with van der Waals surface area (Å²) in [5, 5.41) is 6.82. The van der Waals surface area contributed by atoms with E-state index in [-0.39, 0.29) is 11.3 Å². The van der Waals surface area contributed by atoms with Gasteiger partial charge in [-0.05, 0) is 43.4 Å². The topological polar surface area (TPSA) is 79.8 Å². The number of hydrogen-bond acceptors (Lipinski definition) is 4. The highest BCUT2D eigenvalue weighted by Crippen LogP contribution is 2.30. The van der Waals surface area contributed by atoms with Gasteiger partial charge in [-0.1, -0.05) is 6.92 Å². The van der Waals surface area contributed by atoms with Gasteiger partial charge in [-0.2, -0.15) is 0 Å². The van der Waals surface area contributed by atoms with Crippen LogP contribution in [0.4, 0.5) is 0 Å². The van der Waals surface area contributed by atoms with E-state index in [1.807, 2.05) is 0 Å². The number of hydrogen-bond donors (Lipinski definition) is 2. The molecule has 0 aromatic rings. The fraction of sp³-hybridized carbons (Fsp3) is 0.938. The molecule has 2 saturated heterocycles. The van der Waals surface area contributed by atoms with Gasteiger partial charge in [0.15, 0.2) is 15.8 Å². The smallest absolute Gasteiger partial charge is 0.191 e. The van der Waals surface area contributed by atoms with Crippen molar-refractivity contribution >= 4 is 15.8 Å². The second-order valence-electron chi connectivity index (χ2n) is 7.66. The largest absolute Gasteiger partial charge is 0.381 e. The number of rotatable bonds is 5. The summed E-state index contributed by atoms with van der Waals surface area (Å²) in [5.41, 5.74) is 0.215. The SMILES string of the molecule is CC1(CN=C(NCC2CCS(=O)(=O)C2)NC2CC2)CCOCC1. The second-order valence-corrected chi connectivity index (χ2v) is 9.89. The fourth-order valence-electron chi connectivity index (χ4n) is 3.14. The van der Waals surface area contributed by atoms with Gasteiger partial charge in [0.05, 0.1) is 11.5 Å². The van der Waals surface area contributed by atoms with Crippen molar-refractivity contribution in [2.24, 2.45) is 16.3 Å². The first kappa shape index (κ1) is 17.0. The third-order valence-corrected chi connectivity index (χ3v) is 6.96. The third-order valence-electron chi connectivity index (χ3n) is 5.12. The molecule has 0 bridgehead atoms. The van der Waals surface area contributed by atoms with Crippen LogP contribution in [0.1, 0.15) is 39.0 Å². The minimum Gasteiger partial charge on any atom is -0.381 e. The summed E-state index contributed by atoms with van der Waals surface area (Å²) < 4.78 is 28.6. The lowest BCUT2D eigenvalue weighted by Crippen LogP contribution is -2.42. The van der Waals surface area contributed by atoms with Crippen LogP contribution in [-0.2, 0) is 14.6 Å². The van der Waals surface area contributed by atoms with Crippen LogP contribution in [0.3, 0.4) is 0 Å². The molecule has 3 fully saturated rings. The van der Waals surface area contributed by atoms with Crippen LogP contribution in [0.2, 0.25) is 0 Å². The van der Waals surface area contributed by atoms with Gasteiger partial charge >= 0.3 is 0 Å². The molecule has 132 valence electrons. The summed E-state index contributed by atoms with van der Waals surface area (Å²) in [6, 6.07) is 0.538. The summed E-state index contributed by atoms with van der Waals surface area (Å²) in [4.78, 5) is 4.79. The molecule has 1 atom stereocenters. The number of sulfone groups is 1. The van der Waals surface area contributed by atoms with Crippen LogP contribution in [0.15, 0.2) is 4.99 Å². The highest BCUT2D eigenvalue weighted by molar-refractivity contribution is 7.91. The first-order valence-corrected chi connectivity index (χ1v) is 10.6. The average molecular weight is 343 g/mol. The lowest BCUT2D eigenvalue weighted by Gasteiger charge is -2.32. The lowest BCUT2D eigenvalue weighted by molar-refractivity contribution is 0.0283. The van der Waals surface area contributed by atoms with Crippen molar-refractivity contribution in [2.45, 2.75) is 45.1 Å². The number of aliphatic imine (C=N–C) groups is 1. The summed E-state index contributed by atoms with van der Waals surface area (Å²) in [6.45, 7) is 5.41. The molecule has 1 aliphatic carbocycles. The van der Waals surface area contributed by atoms with Crippen LogP contribution in [0.25, 0.3) is 0 Å². The van der Waals surface area contributed by atoms with E-state index in [2.05, 4.69) is 17.6 Å². The van der Waals surface area contributed by atoms with E-state index in [4.69, 9.17) is 9.73 Å². The van der Waals surface area contributed by atoms with E-state index in [9.17, 15) is 8.42 Å². The Morgan fingerprint density at radius 1 is 1.26 bits per heavy atom. The highest BCUT2D eigenvalue weighted by atomic mass is 32.2. The van der Waals surface area contributed by atoms with Crippen molar-refractivity contribution in [3.63, 3.8) is 0 Å². The Morgan fingerprint density at radius 3 is 2.61 bits per heavy atom. The molecular weight excluding hydrogens is 314 g/mol. The highest BCUT2D eigenvalue weighted by Gasteiger charge is 2.30. The summed E-state index contributed by atoms with van der Waals surface area (Å²) in [6.07, 6.45) is 5.26. The van der Waals surface area contributed by atoms with Crippen molar-refractivity contribution in [3.05, 3.63) is 0 Å². The molecule has 7 heteroatoms. The predicted octanol–water partition coefficient (Wildman–Crippen LogP) is 0.935. The van der Waals surface area contributed by atoms with Gasteiger partial charge < -0.3 is 15.4 Å². The van der Waals surface area contributed by atoms with Crippen molar-refractivity contribution in [1.82, 2.24) is 10.6 Å². The minimum absolute atomic E-state index is 0.213. The van der Waals surface area contributed by atoms with Crippen LogP contribution in [-0.4, -0.2) is 58.2 Å². The van der Waals surface area contributed by atoms with Gasteiger partial charge in [-0.3, -0.25) is 4.99 Å². The molecular formula is C16H29N3O3S. The minimum atomic E-state index is -2.81. The Bertz CT molecular complexity index is 537. The first-order valence-electron chi connectivity index (χ1n) is 8.77. The van der Waals surface area contributed by atoms with Crippen LogP contribution < -0.4 is 10.6 Å². The molecule has 3 rings (SSSR count). The van der Waals surface area contributed by atoms with Crippen molar-refractivity contribution < 1.29 is 13.2 Å². The maximum absolute atomic E-state index is 11.6. The molecule has 6 nitrogen and oxygen atoms in total. The average Bonchev–Trinajstić information content (AvgIpc) is 3.25. The number of nitrogens with zero attached hydrogens (tertiary/aromatic N) is 1. The summed E-state index contributed by atoms with van der Waals surface area (Å²) >= 11 is 0. The van der Waals surface area contributed by atoms with Gasteiger partial charge in [0, 0.05) is 32.3 Å². The van der Waals surface area contributed by atoms with E-state index >= 15 is 0 Å². The standard InChI is InChI=1S/C16H29N3O3S/c1-16(5-7-22-8-6-16)12-18-15(19-14-2-3-14)17-10-13-4-9-23(20,21)11-13/h13-14H,2-12H2,1H3,(H2,17,18,19). The number of guanidine groups is 1. The monoisotopic (exact) mass is 343 g/mol. The first-order chi connectivity index (χ1) is 10.9. The molecule has 2 aliphatic heterocycles. The van der Waals surface area contributed by atoms with E-state index in [1.165, 1.54) is 12.8 Å². The van der Waals surface area contributed by atoms with Crippen molar-refractivity contribution in [3.8, 4) is 0 Å². The fourth-order valence-corrected chi connectivity index (χ4v) is 5.00. The molecule has 3 aliphatic rings. The van der Waals surface area contributed by atoms with Gasteiger partial charge in [-0.15, -0.1) is 0 Å². The second kappa shape index (κ2) is 6.97. The van der Waals surface area contributed by atoms with E-state index in [0.717, 1.165) is 45.0 Å². The Balaban J connectivity index is 1.53. The molecule has 1 saturated carbocycles. The predicted molar refractivity (Wildman–Crippen MR) is 91.4 cm³/mol.